The van der Waals surface area contributed by atoms with Gasteiger partial charge in [-0.05, 0) is 0 Å². The molecule has 0 bridgehead atoms. The molecule has 3 nitrogen and oxygen atoms in total. The van der Waals surface area contributed by atoms with Crippen molar-refractivity contribution >= 4 is 7.99 Å². The molecule has 0 aliphatic carbocycles. The van der Waals surface area contributed by atoms with E-state index in [1.807, 2.05) is 0 Å². The van der Waals surface area contributed by atoms with Gasteiger partial charge in [-0.2, -0.15) is 8.39 Å². The van der Waals surface area contributed by atoms with Crippen molar-refractivity contribution in [2.75, 3.05) is 28.2 Å². The Balaban J connectivity index is 0. The Hall–Kier alpha value is 0.01000. The van der Waals surface area contributed by atoms with E-state index in [1.54, 1.807) is 0 Å². The fraction of sp³-hybridized carbons (Fsp3) is 1.00. The molecule has 0 aliphatic rings. The van der Waals surface area contributed by atoms with Crippen LogP contribution in [0.4, 0.5) is 8.39 Å². The molecule has 0 spiro atoms. The Morgan fingerprint density at radius 2 is 1.20 bits per heavy atom. The Labute approximate surface area is 59.6 Å². The summed E-state index contributed by atoms with van der Waals surface area (Å²) in [6.07, 6.45) is 0. The molecule has 0 saturated carbocycles. The monoisotopic (exact) mass is 175 g/mol. The van der Waals surface area contributed by atoms with Gasteiger partial charge in [0.2, 0.25) is 0 Å². The molecule has 0 aromatic rings. The molecule has 0 unspecified atom stereocenters. The second-order valence-electron chi connectivity index (χ2n) is 3.10. The third-order valence-corrected chi connectivity index (χ3v) is 0. The number of halogens is 2. The van der Waals surface area contributed by atoms with Crippen molar-refractivity contribution in [3.8, 4) is 0 Å². The summed E-state index contributed by atoms with van der Waals surface area (Å²) < 4.78 is 29.4. The standard InChI is InChI=1S/C4H12N.F2HO2P/c2*1-5(2,3)4/h1-4H3;(H,3,4)/q+1;/p-1. The van der Waals surface area contributed by atoms with Crippen LogP contribution in [0.25, 0.3) is 0 Å². The average Bonchev–Trinajstić information content (AvgIpc) is 1.12. The molecule has 0 atom stereocenters. The van der Waals surface area contributed by atoms with Gasteiger partial charge in [0.25, 0.3) is 0 Å². The summed E-state index contributed by atoms with van der Waals surface area (Å²) in [5.74, 6) is 0. The van der Waals surface area contributed by atoms with Gasteiger partial charge in [-0.15, -0.1) is 0 Å². The van der Waals surface area contributed by atoms with Gasteiger partial charge in [-0.1, -0.05) is 0 Å². The van der Waals surface area contributed by atoms with E-state index in [-0.39, 0.29) is 0 Å². The van der Waals surface area contributed by atoms with Crippen LogP contribution in [0, 0.1) is 0 Å². The Bertz CT molecular complexity index is 113. The van der Waals surface area contributed by atoms with E-state index in [9.17, 15) is 8.39 Å². The highest BCUT2D eigenvalue weighted by Gasteiger charge is 1.91. The van der Waals surface area contributed by atoms with E-state index < -0.39 is 7.99 Å². The fourth-order valence-corrected chi connectivity index (χ4v) is 0. The molecular weight excluding hydrogens is 163 g/mol. The van der Waals surface area contributed by atoms with Gasteiger partial charge in [0.15, 0.2) is 0 Å². The highest BCUT2D eigenvalue weighted by atomic mass is 31.2. The first-order valence-corrected chi connectivity index (χ1v) is 3.90. The van der Waals surface area contributed by atoms with Crippen LogP contribution in [0.2, 0.25) is 0 Å². The van der Waals surface area contributed by atoms with E-state index in [2.05, 4.69) is 28.2 Å². The predicted molar refractivity (Wildman–Crippen MR) is 33.8 cm³/mol. The maximum absolute atomic E-state index is 10.0. The summed E-state index contributed by atoms with van der Waals surface area (Å²) in [6, 6.07) is 0. The van der Waals surface area contributed by atoms with Gasteiger partial charge in [-0.3, -0.25) is 4.57 Å². The van der Waals surface area contributed by atoms with Gasteiger partial charge in [-0.25, -0.2) is 0 Å². The summed E-state index contributed by atoms with van der Waals surface area (Å²) in [4.78, 5) is 8.33. The molecule has 10 heavy (non-hydrogen) atoms. The van der Waals surface area contributed by atoms with Crippen LogP contribution in [0.5, 0.6) is 0 Å². The molecule has 0 rings (SSSR count). The lowest BCUT2D eigenvalue weighted by molar-refractivity contribution is -0.849. The first-order chi connectivity index (χ1) is 4.00. The molecule has 0 heterocycles. The van der Waals surface area contributed by atoms with E-state index >= 15 is 0 Å². The molecule has 0 aliphatic heterocycles. The maximum Gasteiger partial charge on any atom is 0.345 e. The molecule has 6 heteroatoms. The zero-order chi connectivity index (χ0) is 9.00. The lowest BCUT2D eigenvalue weighted by Crippen LogP contribution is -2.27. The van der Waals surface area contributed by atoms with Gasteiger partial charge < -0.3 is 9.38 Å². The minimum atomic E-state index is -5.89. The lowest BCUT2D eigenvalue weighted by atomic mass is 10.8. The zero-order valence-corrected chi connectivity index (χ0v) is 7.36. The number of hydrogen-bond acceptors (Lipinski definition) is 2. The van der Waals surface area contributed by atoms with E-state index in [0.29, 0.717) is 0 Å². The minimum absolute atomic E-state index is 1.00. The molecule has 0 amide bonds. The highest BCUT2D eigenvalue weighted by Crippen LogP contribution is 2.37. The van der Waals surface area contributed by atoms with Crippen LogP contribution in [-0.4, -0.2) is 32.7 Å². The normalized spacial score (nSPS) is 11.9. The van der Waals surface area contributed by atoms with Gasteiger partial charge in [0.05, 0.1) is 28.2 Å². The van der Waals surface area contributed by atoms with Crippen LogP contribution < -0.4 is 4.89 Å². The van der Waals surface area contributed by atoms with Crippen molar-refractivity contribution in [1.29, 1.82) is 0 Å². The summed E-state index contributed by atoms with van der Waals surface area (Å²) >= 11 is 0. The second-order valence-corrected chi connectivity index (χ2v) is 3.93. The van der Waals surface area contributed by atoms with Gasteiger partial charge in [0, 0.05) is 0 Å². The summed E-state index contributed by atoms with van der Waals surface area (Å²) in [5.41, 5.74) is 0. The zero-order valence-electron chi connectivity index (χ0n) is 6.47. The first kappa shape index (κ1) is 12.7. The predicted octanol–water partition coefficient (Wildman–Crippen LogP) is 0.716. The molecule has 0 aromatic heterocycles. The molecule has 64 valence electrons. The first-order valence-electron chi connectivity index (χ1n) is 2.49. The summed E-state index contributed by atoms with van der Waals surface area (Å²) in [6.45, 7) is 0. The Morgan fingerprint density at radius 3 is 1.20 bits per heavy atom. The second kappa shape index (κ2) is 4.01. The van der Waals surface area contributed by atoms with Crippen molar-refractivity contribution < 1.29 is 22.3 Å². The number of hydrogen-bond donors (Lipinski definition) is 0. The van der Waals surface area contributed by atoms with E-state index in [4.69, 9.17) is 9.46 Å². The topological polar surface area (TPSA) is 40.1 Å². The van der Waals surface area contributed by atoms with Crippen molar-refractivity contribution in [2.24, 2.45) is 0 Å². The molecule has 0 aromatic carbocycles. The quantitative estimate of drug-likeness (QED) is 0.402. The Morgan fingerprint density at radius 1 is 1.20 bits per heavy atom. The van der Waals surface area contributed by atoms with Gasteiger partial charge >= 0.3 is 7.99 Å². The molecule has 0 saturated heterocycles. The van der Waals surface area contributed by atoms with E-state index in [0.717, 1.165) is 4.48 Å². The molecule has 0 radical (unpaired) electrons. The summed E-state index contributed by atoms with van der Waals surface area (Å²) in [7, 11) is 2.61. The Kier molecular flexibility index (Phi) is 5.08. The molecular formula is C4H12F2NO2P. The van der Waals surface area contributed by atoms with E-state index in [1.165, 1.54) is 0 Å². The van der Waals surface area contributed by atoms with Crippen molar-refractivity contribution in [2.45, 2.75) is 0 Å². The number of rotatable bonds is 0. The smallest absolute Gasteiger partial charge is 0.345 e. The summed E-state index contributed by atoms with van der Waals surface area (Å²) in [5, 5.41) is 0. The van der Waals surface area contributed by atoms with Crippen molar-refractivity contribution in [1.82, 2.24) is 0 Å². The fourth-order valence-electron chi connectivity index (χ4n) is 0. The van der Waals surface area contributed by atoms with Crippen LogP contribution in [-0.2, 0) is 4.57 Å². The van der Waals surface area contributed by atoms with Crippen LogP contribution >= 0.6 is 7.99 Å². The third-order valence-electron chi connectivity index (χ3n) is 0. The molecule has 0 N–H and O–H groups in total. The van der Waals surface area contributed by atoms with Crippen molar-refractivity contribution in [3.63, 3.8) is 0 Å². The minimum Gasteiger partial charge on any atom is -0.749 e. The SMILES string of the molecule is C[N+](C)(C)C.O=P([O-])(F)F. The molecule has 0 fully saturated rings. The number of nitrogens with zero attached hydrogens (tertiary/aromatic N) is 1. The van der Waals surface area contributed by atoms with Crippen molar-refractivity contribution in [3.05, 3.63) is 0 Å². The average molecular weight is 175 g/mol. The third kappa shape index (κ3) is 3940000. The lowest BCUT2D eigenvalue weighted by Gasteiger charge is -2.14. The number of quaternary nitrogens is 1. The van der Waals surface area contributed by atoms with Crippen LogP contribution in [0.1, 0.15) is 0 Å². The largest absolute Gasteiger partial charge is 0.749 e. The maximum atomic E-state index is 10.0. The van der Waals surface area contributed by atoms with Crippen LogP contribution in [0.15, 0.2) is 0 Å². The van der Waals surface area contributed by atoms with Crippen LogP contribution in [0.3, 0.4) is 0 Å². The highest BCUT2D eigenvalue weighted by molar-refractivity contribution is 7.44. The van der Waals surface area contributed by atoms with Gasteiger partial charge in [0.1, 0.15) is 0 Å².